The number of ketones is 1. The summed E-state index contributed by atoms with van der Waals surface area (Å²) < 4.78 is 5.43. The topological polar surface area (TPSA) is 43.4 Å². The molecule has 0 spiro atoms. The average Bonchev–Trinajstić information content (AvgIpc) is 2.67. The third-order valence-corrected chi connectivity index (χ3v) is 4.27. The monoisotopic (exact) mass is 250 g/mol. The third-order valence-electron chi connectivity index (χ3n) is 4.27. The molecule has 1 heterocycles. The second-order valence-corrected chi connectivity index (χ2v) is 6.27. The molecule has 0 amide bonds. The summed E-state index contributed by atoms with van der Waals surface area (Å²) in [6.07, 6.45) is 5.67. The Hall–Kier alpha value is -1.12. The first kappa shape index (κ1) is 13.3. The molecule has 0 N–H and O–H groups in total. The van der Waals surface area contributed by atoms with Gasteiger partial charge in [0.2, 0.25) is 0 Å². The highest BCUT2D eigenvalue weighted by Crippen LogP contribution is 2.36. The number of rotatable bonds is 0. The zero-order valence-electron chi connectivity index (χ0n) is 11.5. The van der Waals surface area contributed by atoms with Gasteiger partial charge in [-0.25, -0.2) is 4.79 Å². The van der Waals surface area contributed by atoms with Crippen LogP contribution in [-0.4, -0.2) is 17.9 Å². The molecule has 3 heteroatoms. The van der Waals surface area contributed by atoms with Gasteiger partial charge in [-0.1, -0.05) is 20.8 Å². The Kier molecular flexibility index (Phi) is 3.60. The van der Waals surface area contributed by atoms with Gasteiger partial charge < -0.3 is 4.74 Å². The average molecular weight is 250 g/mol. The van der Waals surface area contributed by atoms with Crippen LogP contribution in [0.4, 0.5) is 0 Å². The molecule has 0 aromatic rings. The lowest BCUT2D eigenvalue weighted by Crippen LogP contribution is -2.30. The van der Waals surface area contributed by atoms with E-state index in [0.717, 1.165) is 31.3 Å². The SMILES string of the molecule is CC1CCCC2=CC(OC2=O)C(C)(C)CCC1=O. The van der Waals surface area contributed by atoms with Crippen molar-refractivity contribution in [3.8, 4) is 0 Å². The molecule has 0 radical (unpaired) electrons. The van der Waals surface area contributed by atoms with Gasteiger partial charge in [0.05, 0.1) is 0 Å². The van der Waals surface area contributed by atoms with Crippen molar-refractivity contribution < 1.29 is 14.3 Å². The van der Waals surface area contributed by atoms with E-state index >= 15 is 0 Å². The summed E-state index contributed by atoms with van der Waals surface area (Å²) in [6, 6.07) is 0. The number of hydrogen-bond donors (Lipinski definition) is 0. The quantitative estimate of drug-likeness (QED) is 0.621. The molecule has 100 valence electrons. The van der Waals surface area contributed by atoms with Crippen molar-refractivity contribution in [3.05, 3.63) is 11.6 Å². The Morgan fingerprint density at radius 3 is 2.72 bits per heavy atom. The van der Waals surface area contributed by atoms with Gasteiger partial charge in [-0.3, -0.25) is 4.79 Å². The van der Waals surface area contributed by atoms with Gasteiger partial charge >= 0.3 is 5.97 Å². The predicted molar refractivity (Wildman–Crippen MR) is 69.0 cm³/mol. The molecule has 1 aliphatic carbocycles. The van der Waals surface area contributed by atoms with Gasteiger partial charge in [-0.2, -0.15) is 0 Å². The van der Waals surface area contributed by atoms with Gasteiger partial charge in [-0.05, 0) is 31.8 Å². The Balaban J connectivity index is 2.19. The summed E-state index contributed by atoms with van der Waals surface area (Å²) in [7, 11) is 0. The van der Waals surface area contributed by atoms with Gasteiger partial charge in [0, 0.05) is 23.3 Å². The Labute approximate surface area is 109 Å². The molecule has 3 nitrogen and oxygen atoms in total. The predicted octanol–water partition coefficient (Wildman–Crippen LogP) is 3.03. The van der Waals surface area contributed by atoms with E-state index in [4.69, 9.17) is 4.74 Å². The number of carbonyl (C=O) groups is 2. The van der Waals surface area contributed by atoms with E-state index in [1.807, 2.05) is 13.0 Å². The molecular weight excluding hydrogens is 228 g/mol. The Bertz CT molecular complexity index is 393. The standard InChI is InChI=1S/C15H22O3/c1-10-5-4-6-11-9-13(18-14(11)17)15(2,3)8-7-12(10)16/h9-10,13H,4-8H2,1-3H3. The number of esters is 1. The fourth-order valence-electron chi connectivity index (χ4n) is 2.64. The van der Waals surface area contributed by atoms with Crippen molar-refractivity contribution in [1.29, 1.82) is 0 Å². The molecule has 0 aromatic carbocycles. The van der Waals surface area contributed by atoms with Crippen molar-refractivity contribution in [2.75, 3.05) is 0 Å². The zero-order valence-corrected chi connectivity index (χ0v) is 11.5. The first-order valence-corrected chi connectivity index (χ1v) is 6.84. The van der Waals surface area contributed by atoms with Crippen LogP contribution in [0.15, 0.2) is 11.6 Å². The fourth-order valence-corrected chi connectivity index (χ4v) is 2.64. The second kappa shape index (κ2) is 4.87. The smallest absolute Gasteiger partial charge is 0.334 e. The largest absolute Gasteiger partial charge is 0.454 e. The van der Waals surface area contributed by atoms with E-state index in [1.165, 1.54) is 0 Å². The zero-order chi connectivity index (χ0) is 13.3. The molecule has 2 bridgehead atoms. The van der Waals surface area contributed by atoms with Gasteiger partial charge in [0.25, 0.3) is 0 Å². The normalized spacial score (nSPS) is 32.5. The molecule has 2 unspecified atom stereocenters. The first-order chi connectivity index (χ1) is 8.40. The lowest BCUT2D eigenvalue weighted by atomic mass is 9.80. The molecule has 0 fully saturated rings. The number of fused-ring (bicyclic) bond motifs is 1. The van der Waals surface area contributed by atoms with Crippen molar-refractivity contribution in [3.63, 3.8) is 0 Å². The molecular formula is C15H22O3. The highest BCUT2D eigenvalue weighted by molar-refractivity contribution is 5.91. The molecule has 0 aromatic heterocycles. The third kappa shape index (κ3) is 2.65. The number of Topliss-reactive ketones (excluding diaryl/α,β-unsaturated/α-hetero) is 1. The summed E-state index contributed by atoms with van der Waals surface area (Å²) in [5.74, 6) is 0.304. The Morgan fingerprint density at radius 2 is 2.00 bits per heavy atom. The van der Waals surface area contributed by atoms with Crippen molar-refractivity contribution >= 4 is 11.8 Å². The summed E-state index contributed by atoms with van der Waals surface area (Å²) in [5.41, 5.74) is 0.645. The van der Waals surface area contributed by atoms with E-state index < -0.39 is 0 Å². The number of hydrogen-bond acceptors (Lipinski definition) is 3. The first-order valence-electron chi connectivity index (χ1n) is 6.84. The fraction of sp³-hybridized carbons (Fsp3) is 0.733. The van der Waals surface area contributed by atoms with Crippen LogP contribution in [0.25, 0.3) is 0 Å². The minimum atomic E-state index is -0.166. The van der Waals surface area contributed by atoms with Crippen molar-refractivity contribution in [2.24, 2.45) is 11.3 Å². The van der Waals surface area contributed by atoms with E-state index in [-0.39, 0.29) is 23.4 Å². The molecule has 0 saturated heterocycles. The summed E-state index contributed by atoms with van der Waals surface area (Å²) in [5, 5.41) is 0. The van der Waals surface area contributed by atoms with Crippen LogP contribution in [0.5, 0.6) is 0 Å². The van der Waals surface area contributed by atoms with E-state index in [9.17, 15) is 9.59 Å². The molecule has 2 atom stereocenters. The Morgan fingerprint density at radius 1 is 1.28 bits per heavy atom. The van der Waals surface area contributed by atoms with Crippen molar-refractivity contribution in [2.45, 2.75) is 59.0 Å². The van der Waals surface area contributed by atoms with Crippen molar-refractivity contribution in [1.82, 2.24) is 0 Å². The maximum Gasteiger partial charge on any atom is 0.334 e. The molecule has 2 aliphatic rings. The summed E-state index contributed by atoms with van der Waals surface area (Å²) >= 11 is 0. The lowest BCUT2D eigenvalue weighted by Gasteiger charge is -2.29. The van der Waals surface area contributed by atoms with E-state index in [1.54, 1.807) is 0 Å². The van der Waals surface area contributed by atoms with E-state index in [0.29, 0.717) is 12.2 Å². The highest BCUT2D eigenvalue weighted by Gasteiger charge is 2.37. The minimum Gasteiger partial charge on any atom is -0.454 e. The molecule has 0 saturated carbocycles. The lowest BCUT2D eigenvalue weighted by molar-refractivity contribution is -0.144. The number of carbonyl (C=O) groups excluding carboxylic acids is 2. The number of ether oxygens (including phenoxy) is 1. The van der Waals surface area contributed by atoms with Crippen LogP contribution in [0.3, 0.4) is 0 Å². The van der Waals surface area contributed by atoms with E-state index in [2.05, 4.69) is 13.8 Å². The van der Waals surface area contributed by atoms with Gasteiger partial charge in [0.15, 0.2) is 0 Å². The van der Waals surface area contributed by atoms with Crippen LogP contribution >= 0.6 is 0 Å². The molecule has 2 rings (SSSR count). The summed E-state index contributed by atoms with van der Waals surface area (Å²) in [4.78, 5) is 23.7. The second-order valence-electron chi connectivity index (χ2n) is 6.27. The van der Waals surface area contributed by atoms with Crippen LogP contribution in [0, 0.1) is 11.3 Å². The molecule has 18 heavy (non-hydrogen) atoms. The van der Waals surface area contributed by atoms with Crippen LogP contribution < -0.4 is 0 Å². The molecule has 1 aliphatic heterocycles. The minimum absolute atomic E-state index is 0.119. The maximum atomic E-state index is 12.0. The summed E-state index contributed by atoms with van der Waals surface area (Å²) in [6.45, 7) is 6.14. The van der Waals surface area contributed by atoms with Crippen LogP contribution in [0.2, 0.25) is 0 Å². The van der Waals surface area contributed by atoms with Gasteiger partial charge in [-0.15, -0.1) is 0 Å². The maximum absolute atomic E-state index is 12.0. The highest BCUT2D eigenvalue weighted by atomic mass is 16.5. The van der Waals surface area contributed by atoms with Gasteiger partial charge in [0.1, 0.15) is 11.9 Å². The van der Waals surface area contributed by atoms with Crippen LogP contribution in [0.1, 0.15) is 52.9 Å². The van der Waals surface area contributed by atoms with Crippen LogP contribution in [-0.2, 0) is 14.3 Å².